The van der Waals surface area contributed by atoms with E-state index in [0.29, 0.717) is 13.0 Å². The van der Waals surface area contributed by atoms with Crippen molar-refractivity contribution in [2.45, 2.75) is 39.2 Å². The average Bonchev–Trinajstić information content (AvgIpc) is 2.65. The predicted octanol–water partition coefficient (Wildman–Crippen LogP) is 0.356. The molecule has 0 spiro atoms. The maximum Gasteiger partial charge on any atom is 0.326 e. The fourth-order valence-electron chi connectivity index (χ4n) is 1.89. The number of hydrogen-bond acceptors (Lipinski definition) is 3. The minimum Gasteiger partial charge on any atom is -0.480 e. The van der Waals surface area contributed by atoms with Gasteiger partial charge < -0.3 is 15.7 Å². The van der Waals surface area contributed by atoms with Crippen molar-refractivity contribution >= 4 is 11.9 Å². The molecule has 1 rings (SSSR count). The van der Waals surface area contributed by atoms with Crippen molar-refractivity contribution in [1.29, 1.82) is 0 Å². The molecule has 0 saturated carbocycles. The van der Waals surface area contributed by atoms with Crippen LogP contribution in [0.5, 0.6) is 0 Å². The molecule has 0 aromatic carbocycles. The smallest absolute Gasteiger partial charge is 0.326 e. The molecular formula is C11H20N2O3. The Morgan fingerprint density at radius 2 is 2.25 bits per heavy atom. The van der Waals surface area contributed by atoms with Gasteiger partial charge in [0.25, 0.3) is 0 Å². The summed E-state index contributed by atoms with van der Waals surface area (Å²) in [5, 5.41) is 14.7. The van der Waals surface area contributed by atoms with E-state index < -0.39 is 17.4 Å². The quantitative estimate of drug-likeness (QED) is 0.634. The molecule has 2 atom stereocenters. The first-order chi connectivity index (χ1) is 7.49. The predicted molar refractivity (Wildman–Crippen MR) is 60.1 cm³/mol. The van der Waals surface area contributed by atoms with E-state index in [4.69, 9.17) is 5.11 Å². The molecular weight excluding hydrogens is 208 g/mol. The van der Waals surface area contributed by atoms with Gasteiger partial charge in [0.05, 0.1) is 5.41 Å². The topological polar surface area (TPSA) is 78.4 Å². The summed E-state index contributed by atoms with van der Waals surface area (Å²) in [6, 6.07) is -0.755. The van der Waals surface area contributed by atoms with Crippen LogP contribution < -0.4 is 10.6 Å². The van der Waals surface area contributed by atoms with E-state index in [-0.39, 0.29) is 5.91 Å². The molecule has 3 N–H and O–H groups in total. The van der Waals surface area contributed by atoms with Crippen molar-refractivity contribution in [3.63, 3.8) is 0 Å². The standard InChI is InChI=1S/C11H20N2O3/c1-3-4-8(9(14)15)13-10(16)11(2)5-6-12-7-11/h8,12H,3-7H2,1-2H3,(H,13,16)(H,14,15). The van der Waals surface area contributed by atoms with Gasteiger partial charge in [0, 0.05) is 6.54 Å². The van der Waals surface area contributed by atoms with Gasteiger partial charge in [0.1, 0.15) is 6.04 Å². The fourth-order valence-corrected chi connectivity index (χ4v) is 1.89. The molecule has 0 bridgehead atoms. The van der Waals surface area contributed by atoms with Gasteiger partial charge in [-0.15, -0.1) is 0 Å². The first-order valence-electron chi connectivity index (χ1n) is 5.74. The summed E-state index contributed by atoms with van der Waals surface area (Å²) in [6.07, 6.45) is 1.98. The van der Waals surface area contributed by atoms with Crippen LogP contribution in [0.3, 0.4) is 0 Å². The van der Waals surface area contributed by atoms with Crippen LogP contribution in [0.1, 0.15) is 33.1 Å². The number of aliphatic carboxylic acids is 1. The van der Waals surface area contributed by atoms with Crippen LogP contribution in [0.15, 0.2) is 0 Å². The Bertz CT molecular complexity index is 272. The number of nitrogens with one attached hydrogen (secondary N) is 2. The SMILES string of the molecule is CCCC(NC(=O)C1(C)CCNC1)C(=O)O. The van der Waals surface area contributed by atoms with Crippen LogP contribution in [0, 0.1) is 5.41 Å². The van der Waals surface area contributed by atoms with Gasteiger partial charge in [0.2, 0.25) is 5.91 Å². The first-order valence-corrected chi connectivity index (χ1v) is 5.74. The molecule has 5 heteroatoms. The summed E-state index contributed by atoms with van der Waals surface area (Å²) < 4.78 is 0. The highest BCUT2D eigenvalue weighted by Crippen LogP contribution is 2.24. The summed E-state index contributed by atoms with van der Waals surface area (Å²) in [6.45, 7) is 5.21. The van der Waals surface area contributed by atoms with Gasteiger partial charge in [-0.3, -0.25) is 4.79 Å². The van der Waals surface area contributed by atoms with E-state index in [1.807, 2.05) is 13.8 Å². The number of carboxylic acid groups (broad SMARTS) is 1. The second-order valence-corrected chi connectivity index (χ2v) is 4.64. The number of carboxylic acids is 1. The van der Waals surface area contributed by atoms with Crippen molar-refractivity contribution < 1.29 is 14.7 Å². The maximum atomic E-state index is 11.9. The molecule has 0 aromatic rings. The van der Waals surface area contributed by atoms with E-state index >= 15 is 0 Å². The average molecular weight is 228 g/mol. The molecule has 1 fully saturated rings. The molecule has 1 heterocycles. The van der Waals surface area contributed by atoms with E-state index in [1.54, 1.807) is 0 Å². The Kier molecular flexibility index (Phi) is 4.29. The van der Waals surface area contributed by atoms with Crippen LogP contribution in [-0.2, 0) is 9.59 Å². The van der Waals surface area contributed by atoms with Crippen LogP contribution >= 0.6 is 0 Å². The van der Waals surface area contributed by atoms with Crippen LogP contribution in [0.4, 0.5) is 0 Å². The molecule has 1 aliphatic rings. The van der Waals surface area contributed by atoms with Crippen molar-refractivity contribution in [2.24, 2.45) is 5.41 Å². The monoisotopic (exact) mass is 228 g/mol. The summed E-state index contributed by atoms with van der Waals surface area (Å²) in [5.74, 6) is -1.11. The Balaban J connectivity index is 2.57. The number of rotatable bonds is 5. The third kappa shape index (κ3) is 2.95. The second kappa shape index (κ2) is 5.30. The summed E-state index contributed by atoms with van der Waals surface area (Å²) in [7, 11) is 0. The number of amides is 1. The van der Waals surface area contributed by atoms with Gasteiger partial charge in [-0.25, -0.2) is 4.79 Å². The highest BCUT2D eigenvalue weighted by Gasteiger charge is 2.37. The largest absolute Gasteiger partial charge is 0.480 e. The maximum absolute atomic E-state index is 11.9. The number of hydrogen-bond donors (Lipinski definition) is 3. The zero-order valence-electron chi connectivity index (χ0n) is 9.88. The number of carbonyl (C=O) groups is 2. The third-order valence-corrected chi connectivity index (χ3v) is 3.10. The van der Waals surface area contributed by atoms with Gasteiger partial charge in [0.15, 0.2) is 0 Å². The van der Waals surface area contributed by atoms with E-state index in [0.717, 1.165) is 19.4 Å². The highest BCUT2D eigenvalue weighted by atomic mass is 16.4. The molecule has 1 amide bonds. The van der Waals surface area contributed by atoms with Gasteiger partial charge in [-0.2, -0.15) is 0 Å². The van der Waals surface area contributed by atoms with Crippen LogP contribution in [-0.4, -0.2) is 36.1 Å². The molecule has 1 saturated heterocycles. The third-order valence-electron chi connectivity index (χ3n) is 3.10. The Labute approximate surface area is 95.6 Å². The lowest BCUT2D eigenvalue weighted by Gasteiger charge is -2.24. The minimum atomic E-state index is -0.954. The Morgan fingerprint density at radius 1 is 1.56 bits per heavy atom. The molecule has 0 radical (unpaired) electrons. The van der Waals surface area contributed by atoms with Crippen molar-refractivity contribution in [2.75, 3.05) is 13.1 Å². The second-order valence-electron chi connectivity index (χ2n) is 4.64. The van der Waals surface area contributed by atoms with Crippen LogP contribution in [0.2, 0.25) is 0 Å². The zero-order chi connectivity index (χ0) is 12.2. The minimum absolute atomic E-state index is 0.154. The highest BCUT2D eigenvalue weighted by molar-refractivity contribution is 5.87. The lowest BCUT2D eigenvalue weighted by atomic mass is 9.88. The molecule has 0 aliphatic carbocycles. The fraction of sp³-hybridized carbons (Fsp3) is 0.818. The van der Waals surface area contributed by atoms with E-state index in [9.17, 15) is 9.59 Å². The van der Waals surface area contributed by atoms with E-state index in [1.165, 1.54) is 0 Å². The normalized spacial score (nSPS) is 26.4. The van der Waals surface area contributed by atoms with Crippen molar-refractivity contribution in [3.05, 3.63) is 0 Å². The lowest BCUT2D eigenvalue weighted by Crippen LogP contribution is -2.48. The molecule has 92 valence electrons. The van der Waals surface area contributed by atoms with Gasteiger partial charge in [-0.05, 0) is 26.3 Å². The van der Waals surface area contributed by atoms with E-state index in [2.05, 4.69) is 10.6 Å². The van der Waals surface area contributed by atoms with Gasteiger partial charge >= 0.3 is 5.97 Å². The molecule has 1 aliphatic heterocycles. The summed E-state index contributed by atoms with van der Waals surface area (Å²) in [4.78, 5) is 22.9. The molecule has 2 unspecified atom stereocenters. The Hall–Kier alpha value is -1.10. The van der Waals surface area contributed by atoms with Crippen LogP contribution in [0.25, 0.3) is 0 Å². The molecule has 5 nitrogen and oxygen atoms in total. The summed E-state index contributed by atoms with van der Waals surface area (Å²) >= 11 is 0. The Morgan fingerprint density at radius 3 is 2.69 bits per heavy atom. The molecule has 16 heavy (non-hydrogen) atoms. The molecule has 0 aromatic heterocycles. The first kappa shape index (κ1) is 13.0. The van der Waals surface area contributed by atoms with Gasteiger partial charge in [-0.1, -0.05) is 13.3 Å². The summed E-state index contributed by atoms with van der Waals surface area (Å²) in [5.41, 5.74) is -0.457. The van der Waals surface area contributed by atoms with Crippen molar-refractivity contribution in [3.8, 4) is 0 Å². The number of carbonyl (C=O) groups excluding carboxylic acids is 1. The lowest BCUT2D eigenvalue weighted by molar-refractivity contribution is -0.143. The van der Waals surface area contributed by atoms with Crippen molar-refractivity contribution in [1.82, 2.24) is 10.6 Å². The zero-order valence-corrected chi connectivity index (χ0v) is 9.88.